The summed E-state index contributed by atoms with van der Waals surface area (Å²) in [6.07, 6.45) is -3.06. The van der Waals surface area contributed by atoms with Gasteiger partial charge in [0.2, 0.25) is 5.89 Å². The van der Waals surface area contributed by atoms with Crippen LogP contribution in [0.5, 0.6) is 5.75 Å². The summed E-state index contributed by atoms with van der Waals surface area (Å²) in [5.74, 6) is -0.191. The molecule has 0 fully saturated rings. The van der Waals surface area contributed by atoms with Gasteiger partial charge in [0, 0.05) is 5.56 Å². The van der Waals surface area contributed by atoms with Crippen molar-refractivity contribution in [3.05, 3.63) is 36.2 Å². The maximum Gasteiger partial charge on any atom is 0.573 e. The first-order chi connectivity index (χ1) is 8.48. The summed E-state index contributed by atoms with van der Waals surface area (Å²) in [6, 6.07) is 4.96. The number of aldehydes is 1. The third kappa shape index (κ3) is 2.88. The molecular formula is C11H6F3NO3. The molecule has 0 atom stereocenters. The number of halogens is 3. The smallest absolute Gasteiger partial charge is 0.444 e. The molecule has 0 N–H and O–H groups in total. The van der Waals surface area contributed by atoms with E-state index in [0.29, 0.717) is 11.8 Å². The van der Waals surface area contributed by atoms with E-state index >= 15 is 0 Å². The van der Waals surface area contributed by atoms with Crippen molar-refractivity contribution >= 4 is 6.29 Å². The van der Waals surface area contributed by atoms with Crippen LogP contribution >= 0.6 is 0 Å². The molecule has 4 nitrogen and oxygen atoms in total. The predicted octanol–water partition coefficient (Wildman–Crippen LogP) is 3.05. The van der Waals surface area contributed by atoms with Crippen LogP contribution in [-0.4, -0.2) is 17.6 Å². The summed E-state index contributed by atoms with van der Waals surface area (Å²) in [5.41, 5.74) is 0.554. The standard InChI is InChI=1S/C11H6F3NO3/c12-11(13,14)18-9-3-1-7(2-4-9)10-15-8(5-16)6-17-10/h1-6H. The Morgan fingerprint density at radius 3 is 2.39 bits per heavy atom. The molecule has 0 unspecified atom stereocenters. The lowest BCUT2D eigenvalue weighted by atomic mass is 10.2. The van der Waals surface area contributed by atoms with Crippen molar-refractivity contribution in [1.82, 2.24) is 4.98 Å². The van der Waals surface area contributed by atoms with Crippen molar-refractivity contribution < 1.29 is 27.1 Å². The number of aromatic nitrogens is 1. The molecule has 0 spiro atoms. The van der Waals surface area contributed by atoms with Crippen LogP contribution in [0.4, 0.5) is 13.2 Å². The molecule has 94 valence electrons. The topological polar surface area (TPSA) is 52.3 Å². The lowest BCUT2D eigenvalue weighted by Gasteiger charge is -2.08. The van der Waals surface area contributed by atoms with Gasteiger partial charge in [-0.3, -0.25) is 4.79 Å². The van der Waals surface area contributed by atoms with Crippen molar-refractivity contribution in [1.29, 1.82) is 0 Å². The van der Waals surface area contributed by atoms with Crippen LogP contribution in [-0.2, 0) is 0 Å². The Balaban J connectivity index is 2.19. The van der Waals surface area contributed by atoms with Crippen molar-refractivity contribution in [3.63, 3.8) is 0 Å². The summed E-state index contributed by atoms with van der Waals surface area (Å²) >= 11 is 0. The second-order valence-corrected chi connectivity index (χ2v) is 3.27. The Kier molecular flexibility index (Phi) is 3.05. The molecule has 0 amide bonds. The number of ether oxygens (including phenoxy) is 1. The van der Waals surface area contributed by atoms with E-state index in [9.17, 15) is 18.0 Å². The second kappa shape index (κ2) is 4.52. The zero-order chi connectivity index (χ0) is 13.2. The molecule has 1 aromatic heterocycles. The maximum atomic E-state index is 11.9. The number of hydrogen-bond acceptors (Lipinski definition) is 4. The highest BCUT2D eigenvalue weighted by molar-refractivity contribution is 5.72. The van der Waals surface area contributed by atoms with Gasteiger partial charge in [-0.05, 0) is 24.3 Å². The van der Waals surface area contributed by atoms with E-state index in [2.05, 4.69) is 9.72 Å². The maximum absolute atomic E-state index is 11.9. The first-order valence-electron chi connectivity index (χ1n) is 4.75. The van der Waals surface area contributed by atoms with Gasteiger partial charge in [-0.1, -0.05) is 0 Å². The van der Waals surface area contributed by atoms with E-state index in [1.165, 1.54) is 12.1 Å². The fraction of sp³-hybridized carbons (Fsp3) is 0.0909. The van der Waals surface area contributed by atoms with Gasteiger partial charge >= 0.3 is 6.36 Å². The molecule has 0 radical (unpaired) electrons. The summed E-state index contributed by atoms with van der Waals surface area (Å²) in [5, 5.41) is 0. The Morgan fingerprint density at radius 2 is 1.89 bits per heavy atom. The second-order valence-electron chi connectivity index (χ2n) is 3.27. The predicted molar refractivity (Wildman–Crippen MR) is 54.0 cm³/mol. The Bertz CT molecular complexity index is 545. The van der Waals surface area contributed by atoms with E-state index in [1.54, 1.807) is 0 Å². The van der Waals surface area contributed by atoms with E-state index < -0.39 is 6.36 Å². The number of nitrogens with zero attached hydrogens (tertiary/aromatic N) is 1. The fourth-order valence-corrected chi connectivity index (χ4v) is 1.27. The number of hydrogen-bond donors (Lipinski definition) is 0. The summed E-state index contributed by atoms with van der Waals surface area (Å²) in [6.45, 7) is 0. The van der Waals surface area contributed by atoms with Crippen molar-refractivity contribution in [2.45, 2.75) is 6.36 Å². The van der Waals surface area contributed by atoms with E-state index in [0.717, 1.165) is 18.4 Å². The van der Waals surface area contributed by atoms with Gasteiger partial charge in [-0.2, -0.15) is 0 Å². The zero-order valence-electron chi connectivity index (χ0n) is 8.77. The van der Waals surface area contributed by atoms with Gasteiger partial charge in [0.1, 0.15) is 17.7 Å². The zero-order valence-corrected chi connectivity index (χ0v) is 8.77. The van der Waals surface area contributed by atoms with Gasteiger partial charge < -0.3 is 9.15 Å². The molecule has 1 aromatic carbocycles. The number of alkyl halides is 3. The molecule has 2 rings (SSSR count). The van der Waals surface area contributed by atoms with Crippen molar-refractivity contribution in [3.8, 4) is 17.2 Å². The Labute approximate surface area is 99.0 Å². The van der Waals surface area contributed by atoms with Crippen molar-refractivity contribution in [2.75, 3.05) is 0 Å². The van der Waals surface area contributed by atoms with Gasteiger partial charge in [-0.15, -0.1) is 13.2 Å². The van der Waals surface area contributed by atoms with Crippen LogP contribution in [0.3, 0.4) is 0 Å². The van der Waals surface area contributed by atoms with Gasteiger partial charge in [0.25, 0.3) is 0 Å². The SMILES string of the molecule is O=Cc1coc(-c2ccc(OC(F)(F)F)cc2)n1. The molecule has 7 heteroatoms. The molecule has 0 saturated carbocycles. The number of rotatable bonds is 3. The van der Waals surface area contributed by atoms with Gasteiger partial charge in [-0.25, -0.2) is 4.98 Å². The van der Waals surface area contributed by atoms with Crippen LogP contribution in [0.15, 0.2) is 34.9 Å². The van der Waals surface area contributed by atoms with Crippen LogP contribution in [0.2, 0.25) is 0 Å². The number of carbonyl (C=O) groups excluding carboxylic acids is 1. The first-order valence-corrected chi connectivity index (χ1v) is 4.75. The van der Waals surface area contributed by atoms with Crippen LogP contribution < -0.4 is 4.74 Å². The minimum absolute atomic E-state index is 0.112. The summed E-state index contributed by atoms with van der Waals surface area (Å²) < 4.78 is 44.5. The van der Waals surface area contributed by atoms with Gasteiger partial charge in [0.05, 0.1) is 0 Å². The number of oxazole rings is 1. The van der Waals surface area contributed by atoms with Crippen LogP contribution in [0.25, 0.3) is 11.5 Å². The molecule has 0 aliphatic rings. The average Bonchev–Trinajstić information content (AvgIpc) is 2.76. The lowest BCUT2D eigenvalue weighted by molar-refractivity contribution is -0.274. The monoisotopic (exact) mass is 257 g/mol. The van der Waals surface area contributed by atoms with Crippen LogP contribution in [0, 0.1) is 0 Å². The van der Waals surface area contributed by atoms with E-state index in [4.69, 9.17) is 4.42 Å². The number of benzene rings is 1. The molecule has 18 heavy (non-hydrogen) atoms. The number of carbonyl (C=O) groups is 1. The molecule has 0 bridgehead atoms. The quantitative estimate of drug-likeness (QED) is 0.793. The minimum Gasteiger partial charge on any atom is -0.444 e. The Morgan fingerprint density at radius 1 is 1.22 bits per heavy atom. The summed E-state index contributed by atoms with van der Waals surface area (Å²) in [4.78, 5) is 14.2. The molecule has 0 saturated heterocycles. The van der Waals surface area contributed by atoms with Crippen molar-refractivity contribution in [2.24, 2.45) is 0 Å². The van der Waals surface area contributed by atoms with Gasteiger partial charge in [0.15, 0.2) is 6.29 Å². The third-order valence-electron chi connectivity index (χ3n) is 1.98. The lowest BCUT2D eigenvalue weighted by Crippen LogP contribution is -2.16. The minimum atomic E-state index is -4.73. The first kappa shape index (κ1) is 12.2. The molecule has 1 heterocycles. The normalized spacial score (nSPS) is 11.3. The Hall–Kier alpha value is -2.31. The van der Waals surface area contributed by atoms with E-state index in [-0.39, 0.29) is 17.3 Å². The molecule has 2 aromatic rings. The third-order valence-corrected chi connectivity index (χ3v) is 1.98. The molecular weight excluding hydrogens is 251 g/mol. The fourth-order valence-electron chi connectivity index (χ4n) is 1.27. The average molecular weight is 257 g/mol. The largest absolute Gasteiger partial charge is 0.573 e. The van der Waals surface area contributed by atoms with E-state index in [1.807, 2.05) is 0 Å². The highest BCUT2D eigenvalue weighted by Crippen LogP contribution is 2.25. The van der Waals surface area contributed by atoms with Crippen LogP contribution in [0.1, 0.15) is 10.5 Å². The molecule has 0 aliphatic carbocycles. The highest BCUT2D eigenvalue weighted by Gasteiger charge is 2.31. The molecule has 0 aliphatic heterocycles. The highest BCUT2D eigenvalue weighted by atomic mass is 19.4. The summed E-state index contributed by atoms with van der Waals surface area (Å²) in [7, 11) is 0.